The first kappa shape index (κ1) is 13.5. The van der Waals surface area contributed by atoms with Crippen LogP contribution in [0.25, 0.3) is 0 Å². The summed E-state index contributed by atoms with van der Waals surface area (Å²) in [6.07, 6.45) is -0.324. The van der Waals surface area contributed by atoms with Crippen molar-refractivity contribution in [2.75, 3.05) is 13.1 Å². The number of ether oxygens (including phenoxy) is 2. The maximum absolute atomic E-state index is 11.7. The smallest absolute Gasteiger partial charge is 0.410 e. The quantitative estimate of drug-likeness (QED) is 0.892. The van der Waals surface area contributed by atoms with Gasteiger partial charge in [0.2, 0.25) is 0 Å². The van der Waals surface area contributed by atoms with Crippen LogP contribution in [0.4, 0.5) is 4.79 Å². The molecule has 5 nitrogen and oxygen atoms in total. The predicted molar refractivity (Wildman–Crippen MR) is 70.3 cm³/mol. The molecule has 0 saturated carbocycles. The van der Waals surface area contributed by atoms with E-state index in [4.69, 9.17) is 14.6 Å². The molecule has 1 aromatic rings. The number of benzene rings is 1. The van der Waals surface area contributed by atoms with Crippen LogP contribution in [0, 0.1) is 0 Å². The van der Waals surface area contributed by atoms with Crippen LogP contribution in [-0.4, -0.2) is 40.9 Å². The van der Waals surface area contributed by atoms with Gasteiger partial charge in [-0.3, -0.25) is 0 Å². The highest BCUT2D eigenvalue weighted by atomic mass is 16.6. The Morgan fingerprint density at radius 1 is 1.26 bits per heavy atom. The molecule has 0 spiro atoms. The van der Waals surface area contributed by atoms with Crippen molar-refractivity contribution in [3.63, 3.8) is 0 Å². The van der Waals surface area contributed by atoms with E-state index in [1.807, 2.05) is 20.8 Å². The first-order chi connectivity index (χ1) is 8.83. The van der Waals surface area contributed by atoms with Crippen LogP contribution < -0.4 is 4.74 Å². The minimum atomic E-state index is -0.472. The monoisotopic (exact) mass is 265 g/mol. The van der Waals surface area contributed by atoms with E-state index in [-0.39, 0.29) is 17.9 Å². The van der Waals surface area contributed by atoms with Gasteiger partial charge in [-0.2, -0.15) is 0 Å². The Morgan fingerprint density at radius 3 is 2.37 bits per heavy atom. The number of nitrogens with zero attached hydrogens (tertiary/aromatic N) is 1. The van der Waals surface area contributed by atoms with Crippen LogP contribution in [-0.2, 0) is 4.74 Å². The van der Waals surface area contributed by atoms with E-state index in [0.717, 1.165) is 0 Å². The van der Waals surface area contributed by atoms with E-state index < -0.39 is 5.60 Å². The lowest BCUT2D eigenvalue weighted by Gasteiger charge is -2.39. The van der Waals surface area contributed by atoms with E-state index in [2.05, 4.69) is 0 Å². The minimum absolute atomic E-state index is 0.0166. The van der Waals surface area contributed by atoms with Gasteiger partial charge in [0, 0.05) is 0 Å². The van der Waals surface area contributed by atoms with Crippen LogP contribution in [0.1, 0.15) is 20.8 Å². The molecule has 0 aliphatic carbocycles. The summed E-state index contributed by atoms with van der Waals surface area (Å²) in [7, 11) is 0. The highest BCUT2D eigenvalue weighted by Crippen LogP contribution is 2.22. The van der Waals surface area contributed by atoms with Crippen LogP contribution >= 0.6 is 0 Å². The number of phenolic OH excluding ortho intramolecular Hbond substituents is 1. The zero-order chi connectivity index (χ0) is 14.0. The van der Waals surface area contributed by atoms with E-state index in [1.165, 1.54) is 0 Å². The van der Waals surface area contributed by atoms with Crippen LogP contribution in [0.5, 0.6) is 11.5 Å². The van der Waals surface area contributed by atoms with Gasteiger partial charge >= 0.3 is 6.09 Å². The Bertz CT molecular complexity index is 444. The van der Waals surface area contributed by atoms with Gasteiger partial charge in [0.05, 0.1) is 13.1 Å². The summed E-state index contributed by atoms with van der Waals surface area (Å²) in [5.41, 5.74) is -0.472. The first-order valence-electron chi connectivity index (χ1n) is 6.27. The largest absolute Gasteiger partial charge is 0.508 e. The number of hydrogen-bond donors (Lipinski definition) is 1. The fourth-order valence-electron chi connectivity index (χ4n) is 1.71. The van der Waals surface area contributed by atoms with Gasteiger partial charge in [0.15, 0.2) is 0 Å². The molecule has 1 saturated heterocycles. The van der Waals surface area contributed by atoms with Gasteiger partial charge in [0.25, 0.3) is 0 Å². The van der Waals surface area contributed by atoms with Crippen molar-refractivity contribution in [1.29, 1.82) is 0 Å². The molecule has 0 atom stereocenters. The highest BCUT2D eigenvalue weighted by molar-refractivity contribution is 5.69. The van der Waals surface area contributed by atoms with E-state index in [1.54, 1.807) is 29.2 Å². The summed E-state index contributed by atoms with van der Waals surface area (Å²) >= 11 is 0. The lowest BCUT2D eigenvalue weighted by Crippen LogP contribution is -2.57. The zero-order valence-electron chi connectivity index (χ0n) is 11.4. The normalized spacial score (nSPS) is 15.8. The Morgan fingerprint density at radius 2 is 1.84 bits per heavy atom. The number of phenols is 1. The maximum atomic E-state index is 11.7. The number of likely N-dealkylation sites (tertiary alicyclic amines) is 1. The predicted octanol–water partition coefficient (Wildman–Crippen LogP) is 2.39. The molecule has 0 bridgehead atoms. The summed E-state index contributed by atoms with van der Waals surface area (Å²) in [4.78, 5) is 13.3. The maximum Gasteiger partial charge on any atom is 0.410 e. The second kappa shape index (κ2) is 4.99. The van der Waals surface area contributed by atoms with Crippen molar-refractivity contribution in [1.82, 2.24) is 4.90 Å². The molecule has 1 N–H and O–H groups in total. The van der Waals surface area contributed by atoms with E-state index >= 15 is 0 Å². The van der Waals surface area contributed by atoms with Gasteiger partial charge in [-0.05, 0) is 45.0 Å². The van der Waals surface area contributed by atoms with Gasteiger partial charge < -0.3 is 19.5 Å². The lowest BCUT2D eigenvalue weighted by atomic mass is 10.1. The second-order valence-electron chi connectivity index (χ2n) is 5.62. The lowest BCUT2D eigenvalue weighted by molar-refractivity contribution is -0.0221. The number of amides is 1. The number of aromatic hydroxyl groups is 1. The fourth-order valence-corrected chi connectivity index (χ4v) is 1.71. The summed E-state index contributed by atoms with van der Waals surface area (Å²) in [5.74, 6) is 0.892. The molecule has 5 heteroatoms. The van der Waals surface area contributed by atoms with Crippen molar-refractivity contribution >= 4 is 6.09 Å². The van der Waals surface area contributed by atoms with Crippen molar-refractivity contribution in [3.05, 3.63) is 24.3 Å². The molecular formula is C14H19NO4. The molecule has 0 radical (unpaired) electrons. The number of rotatable bonds is 2. The number of carbonyl (C=O) groups is 1. The van der Waals surface area contributed by atoms with E-state index in [9.17, 15) is 4.79 Å². The molecule has 1 amide bonds. The summed E-state index contributed by atoms with van der Waals surface area (Å²) < 4.78 is 10.9. The Balaban J connectivity index is 1.77. The summed E-state index contributed by atoms with van der Waals surface area (Å²) in [6.45, 7) is 6.57. The number of carbonyl (C=O) groups excluding carboxylic acids is 1. The molecule has 104 valence electrons. The average molecular weight is 265 g/mol. The van der Waals surface area contributed by atoms with Gasteiger partial charge in [-0.15, -0.1) is 0 Å². The SMILES string of the molecule is CC(C)(C)OC(=O)N1CC(Oc2ccc(O)cc2)C1. The minimum Gasteiger partial charge on any atom is -0.508 e. The molecule has 0 aromatic heterocycles. The van der Waals surface area contributed by atoms with Crippen LogP contribution in [0.2, 0.25) is 0 Å². The van der Waals surface area contributed by atoms with Crippen molar-refractivity contribution in [2.45, 2.75) is 32.5 Å². The van der Waals surface area contributed by atoms with Gasteiger partial charge in [-0.25, -0.2) is 4.79 Å². The Labute approximate surface area is 112 Å². The molecule has 1 aliphatic rings. The van der Waals surface area contributed by atoms with E-state index in [0.29, 0.717) is 18.8 Å². The number of hydrogen-bond acceptors (Lipinski definition) is 4. The van der Waals surface area contributed by atoms with Crippen molar-refractivity contribution < 1.29 is 19.4 Å². The molecule has 1 heterocycles. The van der Waals surface area contributed by atoms with Gasteiger partial charge in [0.1, 0.15) is 23.2 Å². The molecular weight excluding hydrogens is 246 g/mol. The summed E-state index contributed by atoms with van der Waals surface area (Å²) in [5, 5.41) is 9.16. The Kier molecular flexibility index (Phi) is 3.55. The molecule has 0 unspecified atom stereocenters. The third-order valence-electron chi connectivity index (χ3n) is 2.64. The standard InChI is InChI=1S/C14H19NO4/c1-14(2,3)19-13(17)15-8-12(9-15)18-11-6-4-10(16)5-7-11/h4-7,12,16H,8-9H2,1-3H3. The summed E-state index contributed by atoms with van der Waals surface area (Å²) in [6, 6.07) is 6.54. The topological polar surface area (TPSA) is 59.0 Å². The van der Waals surface area contributed by atoms with Gasteiger partial charge in [-0.1, -0.05) is 0 Å². The fraction of sp³-hybridized carbons (Fsp3) is 0.500. The molecule has 1 aromatic carbocycles. The molecule has 1 fully saturated rings. The van der Waals surface area contributed by atoms with Crippen LogP contribution in [0.3, 0.4) is 0 Å². The van der Waals surface area contributed by atoms with Crippen LogP contribution in [0.15, 0.2) is 24.3 Å². The average Bonchev–Trinajstić information content (AvgIpc) is 2.22. The zero-order valence-corrected chi connectivity index (χ0v) is 11.4. The third-order valence-corrected chi connectivity index (χ3v) is 2.64. The molecule has 19 heavy (non-hydrogen) atoms. The Hall–Kier alpha value is -1.91. The third kappa shape index (κ3) is 3.77. The van der Waals surface area contributed by atoms with Crippen molar-refractivity contribution in [2.24, 2.45) is 0 Å². The van der Waals surface area contributed by atoms with Crippen molar-refractivity contribution in [3.8, 4) is 11.5 Å². The molecule has 2 rings (SSSR count). The highest BCUT2D eigenvalue weighted by Gasteiger charge is 2.35. The first-order valence-corrected chi connectivity index (χ1v) is 6.27. The molecule has 1 aliphatic heterocycles. The second-order valence-corrected chi connectivity index (χ2v) is 5.62.